The summed E-state index contributed by atoms with van der Waals surface area (Å²) in [6.45, 7) is 4.13. The van der Waals surface area contributed by atoms with Crippen molar-refractivity contribution in [3.63, 3.8) is 0 Å². The molecule has 29 heavy (non-hydrogen) atoms. The third-order valence-electron chi connectivity index (χ3n) is 4.04. The lowest BCUT2D eigenvalue weighted by Gasteiger charge is -2.09. The number of nitrogens with zero attached hydrogens (tertiary/aromatic N) is 5. The van der Waals surface area contributed by atoms with Gasteiger partial charge in [-0.2, -0.15) is 8.73 Å². The Labute approximate surface area is 173 Å². The molecule has 1 amide bonds. The van der Waals surface area contributed by atoms with Crippen molar-refractivity contribution >= 4 is 46.1 Å². The van der Waals surface area contributed by atoms with Crippen LogP contribution in [0.3, 0.4) is 0 Å². The average Bonchev–Trinajstić information content (AvgIpc) is 3.35. The summed E-state index contributed by atoms with van der Waals surface area (Å²) in [7, 11) is 0. The molecular formula is C19H15FN6OS2. The van der Waals surface area contributed by atoms with Crippen molar-refractivity contribution in [3.8, 4) is 11.4 Å². The summed E-state index contributed by atoms with van der Waals surface area (Å²) < 4.78 is 24.3. The summed E-state index contributed by atoms with van der Waals surface area (Å²) in [5.41, 5.74) is 2.36. The normalized spacial score (nSPS) is 11.8. The van der Waals surface area contributed by atoms with Crippen LogP contribution in [0.1, 0.15) is 0 Å². The molecule has 0 fully saturated rings. The zero-order valence-corrected chi connectivity index (χ0v) is 16.7. The van der Waals surface area contributed by atoms with Gasteiger partial charge < -0.3 is 5.32 Å². The first-order chi connectivity index (χ1) is 14.2. The molecule has 0 bridgehead atoms. The Bertz CT molecular complexity index is 1170. The maximum atomic E-state index is 14.2. The average molecular weight is 427 g/mol. The van der Waals surface area contributed by atoms with Crippen LogP contribution in [0.5, 0.6) is 0 Å². The number of rotatable bonds is 7. The van der Waals surface area contributed by atoms with Crippen LogP contribution in [0.2, 0.25) is 0 Å². The minimum atomic E-state index is -0.385. The van der Waals surface area contributed by atoms with E-state index in [2.05, 4.69) is 30.8 Å². The topological polar surface area (TPSA) is 84.5 Å². The molecule has 2 aromatic carbocycles. The number of allylic oxidation sites excluding steroid dienone is 1. The Morgan fingerprint density at radius 1 is 1.21 bits per heavy atom. The van der Waals surface area contributed by atoms with Gasteiger partial charge in [-0.15, -0.1) is 16.8 Å². The molecule has 2 heterocycles. The molecule has 3 aromatic rings. The number of aromatic nitrogens is 3. The molecule has 0 saturated heterocycles. The van der Waals surface area contributed by atoms with Crippen LogP contribution in [0.25, 0.3) is 11.4 Å². The molecule has 146 valence electrons. The molecule has 1 aliphatic heterocycles. The zero-order valence-electron chi connectivity index (χ0n) is 15.1. The van der Waals surface area contributed by atoms with Gasteiger partial charge in [0.05, 0.1) is 28.4 Å². The number of halogens is 1. The molecule has 0 aliphatic carbocycles. The molecule has 1 aromatic heterocycles. The highest BCUT2D eigenvalue weighted by atomic mass is 32.2. The minimum Gasteiger partial charge on any atom is -0.323 e. The molecule has 4 rings (SSSR count). The van der Waals surface area contributed by atoms with Crippen LogP contribution in [0.15, 0.2) is 69.0 Å². The molecule has 0 atom stereocenters. The number of hydrogen-bond donors (Lipinski definition) is 1. The lowest BCUT2D eigenvalue weighted by Crippen LogP contribution is -2.14. The number of nitrogens with one attached hydrogen (secondary N) is 1. The number of benzene rings is 2. The first kappa shape index (κ1) is 19.2. The Kier molecular flexibility index (Phi) is 5.63. The number of carbonyl (C=O) groups is 1. The molecule has 0 unspecified atom stereocenters. The first-order valence-electron chi connectivity index (χ1n) is 8.60. The Hall–Kier alpha value is -3.11. The minimum absolute atomic E-state index is 0.112. The third kappa shape index (κ3) is 4.03. The van der Waals surface area contributed by atoms with Crippen molar-refractivity contribution in [3.05, 3.63) is 60.9 Å². The fourth-order valence-corrected chi connectivity index (χ4v) is 4.05. The molecule has 7 nitrogen and oxygen atoms in total. The highest BCUT2D eigenvalue weighted by Crippen LogP contribution is 2.38. The van der Waals surface area contributed by atoms with Crippen LogP contribution in [0, 0.1) is 5.82 Å². The van der Waals surface area contributed by atoms with Gasteiger partial charge in [0.1, 0.15) is 17.2 Å². The Morgan fingerprint density at radius 2 is 2.07 bits per heavy atom. The Morgan fingerprint density at radius 3 is 2.90 bits per heavy atom. The number of fused-ring (bicyclic) bond motifs is 1. The zero-order chi connectivity index (χ0) is 20.2. The maximum absolute atomic E-state index is 14.2. The fourth-order valence-electron chi connectivity index (χ4n) is 2.75. The van der Waals surface area contributed by atoms with Crippen molar-refractivity contribution in [2.75, 3.05) is 11.1 Å². The predicted molar refractivity (Wildman–Crippen MR) is 113 cm³/mol. The van der Waals surface area contributed by atoms with Crippen molar-refractivity contribution < 1.29 is 9.18 Å². The predicted octanol–water partition coefficient (Wildman–Crippen LogP) is 4.73. The molecule has 10 heteroatoms. The van der Waals surface area contributed by atoms with Gasteiger partial charge in [0, 0.05) is 6.54 Å². The summed E-state index contributed by atoms with van der Waals surface area (Å²) in [5.74, 6) is -0.0923. The van der Waals surface area contributed by atoms with Crippen LogP contribution in [-0.2, 0) is 22.7 Å². The summed E-state index contributed by atoms with van der Waals surface area (Å²) in [6.07, 6.45) is 1.67. The fraction of sp³-hybridized carbons (Fsp3) is 0.105. The third-order valence-corrected chi connectivity index (χ3v) is 5.55. The van der Waals surface area contributed by atoms with Gasteiger partial charge in [-0.25, -0.2) is 4.39 Å². The van der Waals surface area contributed by atoms with Gasteiger partial charge in [0.2, 0.25) is 5.91 Å². The van der Waals surface area contributed by atoms with E-state index in [1.54, 1.807) is 34.9 Å². The van der Waals surface area contributed by atoms with E-state index >= 15 is 0 Å². The van der Waals surface area contributed by atoms with E-state index in [0.717, 1.165) is 17.0 Å². The van der Waals surface area contributed by atoms with Crippen molar-refractivity contribution in [2.24, 2.45) is 8.73 Å². The number of anilines is 1. The monoisotopic (exact) mass is 426 g/mol. The summed E-state index contributed by atoms with van der Waals surface area (Å²) >= 11 is 2.31. The second-order valence-electron chi connectivity index (χ2n) is 5.96. The highest BCUT2D eigenvalue weighted by molar-refractivity contribution is 7.99. The van der Waals surface area contributed by atoms with Crippen molar-refractivity contribution in [2.45, 2.75) is 11.7 Å². The quantitative estimate of drug-likeness (QED) is 0.342. The Balaban J connectivity index is 1.49. The number of thioether (sulfide) groups is 1. The largest absolute Gasteiger partial charge is 0.323 e. The van der Waals surface area contributed by atoms with E-state index in [9.17, 15) is 9.18 Å². The second kappa shape index (κ2) is 8.50. The number of carbonyl (C=O) groups excluding carboxylic acids is 1. The summed E-state index contributed by atoms with van der Waals surface area (Å²) in [4.78, 5) is 12.4. The van der Waals surface area contributed by atoms with Gasteiger partial charge >= 0.3 is 0 Å². The van der Waals surface area contributed by atoms with E-state index in [4.69, 9.17) is 0 Å². The molecule has 0 spiro atoms. The van der Waals surface area contributed by atoms with E-state index < -0.39 is 0 Å². The van der Waals surface area contributed by atoms with Gasteiger partial charge in [-0.3, -0.25) is 9.36 Å². The highest BCUT2D eigenvalue weighted by Gasteiger charge is 2.18. The molecule has 0 radical (unpaired) electrons. The van der Waals surface area contributed by atoms with Crippen molar-refractivity contribution in [1.29, 1.82) is 0 Å². The molecule has 1 N–H and O–H groups in total. The van der Waals surface area contributed by atoms with Gasteiger partial charge in [0.25, 0.3) is 0 Å². The van der Waals surface area contributed by atoms with E-state index in [1.807, 2.05) is 12.1 Å². The van der Waals surface area contributed by atoms with Gasteiger partial charge in [-0.05, 0) is 24.3 Å². The maximum Gasteiger partial charge on any atom is 0.234 e. The summed E-state index contributed by atoms with van der Waals surface area (Å²) in [5, 5.41) is 11.6. The van der Waals surface area contributed by atoms with Crippen LogP contribution in [0.4, 0.5) is 21.5 Å². The smallest absolute Gasteiger partial charge is 0.234 e. The van der Waals surface area contributed by atoms with Crippen LogP contribution >= 0.6 is 11.8 Å². The number of amides is 1. The van der Waals surface area contributed by atoms with Gasteiger partial charge in [0.15, 0.2) is 11.0 Å². The lowest BCUT2D eigenvalue weighted by atomic mass is 10.2. The van der Waals surface area contributed by atoms with Crippen LogP contribution < -0.4 is 5.32 Å². The van der Waals surface area contributed by atoms with E-state index in [1.165, 1.54) is 17.8 Å². The SMILES string of the molecule is C=CCn1c(SCC(=O)Nc2cccc3c2N=S=N3)nnc1-c1ccccc1F. The molecule has 1 aliphatic rings. The van der Waals surface area contributed by atoms with E-state index in [-0.39, 0.29) is 17.5 Å². The first-order valence-corrected chi connectivity index (χ1v) is 10.3. The summed E-state index contributed by atoms with van der Waals surface area (Å²) in [6, 6.07) is 11.8. The van der Waals surface area contributed by atoms with Crippen molar-refractivity contribution in [1.82, 2.24) is 14.8 Å². The molecule has 0 saturated carbocycles. The molecular weight excluding hydrogens is 411 g/mol. The number of hydrogen-bond acceptors (Lipinski definition) is 6. The van der Waals surface area contributed by atoms with Crippen LogP contribution in [-0.4, -0.2) is 26.4 Å². The standard InChI is InChI=1S/C19H15FN6OS2/c1-2-10-26-18(12-6-3-4-7-13(12)20)22-23-19(26)28-11-16(27)21-14-8-5-9-15-17(14)25-29-24-15/h2-9H,1,10-11H2,(H,21,27). The second-order valence-corrected chi connectivity index (χ2v) is 7.43. The van der Waals surface area contributed by atoms with Gasteiger partial charge in [-0.1, -0.05) is 36.0 Å². The lowest BCUT2D eigenvalue weighted by molar-refractivity contribution is -0.113. The van der Waals surface area contributed by atoms with E-state index in [0.29, 0.717) is 34.5 Å².